The second-order valence-electron chi connectivity index (χ2n) is 11.1. The topological polar surface area (TPSA) is 151 Å². The fourth-order valence-corrected chi connectivity index (χ4v) is 5.90. The highest BCUT2D eigenvalue weighted by atomic mass is 16.4. The number of carboxylic acids is 1. The Balaban J connectivity index is 1.21. The maximum atomic E-state index is 13.5. The first-order valence-corrected chi connectivity index (χ1v) is 14.4. The van der Waals surface area contributed by atoms with Crippen molar-refractivity contribution in [2.24, 2.45) is 0 Å². The van der Waals surface area contributed by atoms with Gasteiger partial charge in [-0.3, -0.25) is 14.4 Å². The van der Waals surface area contributed by atoms with Crippen LogP contribution in [0.1, 0.15) is 73.3 Å². The van der Waals surface area contributed by atoms with Gasteiger partial charge in [-0.1, -0.05) is 43.5 Å². The predicted molar refractivity (Wildman–Crippen MR) is 158 cm³/mol. The van der Waals surface area contributed by atoms with Crippen molar-refractivity contribution < 1.29 is 19.5 Å². The molecule has 11 nitrogen and oxygen atoms in total. The molecule has 0 saturated heterocycles. The lowest BCUT2D eigenvalue weighted by Crippen LogP contribution is -2.61. The van der Waals surface area contributed by atoms with E-state index in [1.54, 1.807) is 0 Å². The number of aliphatic carboxylic acids is 1. The van der Waals surface area contributed by atoms with E-state index < -0.39 is 11.5 Å². The van der Waals surface area contributed by atoms with Gasteiger partial charge in [0.2, 0.25) is 11.9 Å². The van der Waals surface area contributed by atoms with Crippen molar-refractivity contribution in [2.75, 3.05) is 17.2 Å². The molecule has 2 aromatic heterocycles. The van der Waals surface area contributed by atoms with Crippen LogP contribution in [0.4, 0.5) is 11.6 Å². The van der Waals surface area contributed by atoms with Gasteiger partial charge in [-0.2, -0.15) is 5.10 Å². The van der Waals surface area contributed by atoms with Gasteiger partial charge in [0.1, 0.15) is 12.1 Å². The van der Waals surface area contributed by atoms with Crippen molar-refractivity contribution in [3.63, 3.8) is 0 Å². The van der Waals surface area contributed by atoms with Crippen LogP contribution in [-0.4, -0.2) is 54.7 Å². The highest BCUT2D eigenvalue weighted by molar-refractivity contribution is 6.05. The summed E-state index contributed by atoms with van der Waals surface area (Å²) in [6.07, 6.45) is 10.5. The summed E-state index contributed by atoms with van der Waals surface area (Å²) >= 11 is 0. The monoisotopic (exact) mass is 567 g/mol. The second kappa shape index (κ2) is 11.6. The van der Waals surface area contributed by atoms with Crippen LogP contribution in [-0.2, 0) is 9.59 Å². The summed E-state index contributed by atoms with van der Waals surface area (Å²) < 4.78 is 2.04. The van der Waals surface area contributed by atoms with Gasteiger partial charge < -0.3 is 21.1 Å². The number of fused-ring (bicyclic) bond motifs is 1. The van der Waals surface area contributed by atoms with Gasteiger partial charge in [-0.05, 0) is 56.4 Å². The first-order valence-electron chi connectivity index (χ1n) is 14.4. The molecule has 11 heteroatoms. The van der Waals surface area contributed by atoms with Crippen LogP contribution in [0.15, 0.2) is 60.9 Å². The van der Waals surface area contributed by atoms with Crippen LogP contribution < -0.4 is 16.0 Å². The number of hydrogen-bond donors (Lipinski definition) is 4. The summed E-state index contributed by atoms with van der Waals surface area (Å²) in [4.78, 5) is 45.6. The molecule has 2 amide bonds. The van der Waals surface area contributed by atoms with Crippen LogP contribution in [0.2, 0.25) is 0 Å². The number of hydrogen-bond acceptors (Lipinski definition) is 7. The van der Waals surface area contributed by atoms with Crippen LogP contribution >= 0.6 is 0 Å². The molecule has 216 valence electrons. The van der Waals surface area contributed by atoms with Gasteiger partial charge >= 0.3 is 5.97 Å². The summed E-state index contributed by atoms with van der Waals surface area (Å²) in [5, 5.41) is 23.1. The number of amides is 2. The first kappa shape index (κ1) is 27.4. The lowest BCUT2D eigenvalue weighted by molar-refractivity contribution is -0.135. The van der Waals surface area contributed by atoms with Crippen molar-refractivity contribution >= 4 is 40.3 Å². The zero-order valence-electron chi connectivity index (χ0n) is 23.2. The molecule has 4 aromatic rings. The Morgan fingerprint density at radius 1 is 0.952 bits per heavy atom. The zero-order valence-corrected chi connectivity index (χ0v) is 23.2. The zero-order chi connectivity index (χ0) is 29.1. The average Bonchev–Trinajstić information content (AvgIpc) is 3.38. The van der Waals surface area contributed by atoms with E-state index in [0.29, 0.717) is 30.0 Å². The molecular formula is C31H33N7O4. The fraction of sp³-hybridized carbons (Fsp3) is 0.355. The largest absolute Gasteiger partial charge is 0.480 e. The number of carbonyl (C=O) groups excluding carboxylic acids is 2. The Morgan fingerprint density at radius 3 is 2.36 bits per heavy atom. The van der Waals surface area contributed by atoms with Crippen LogP contribution in [0, 0.1) is 0 Å². The van der Waals surface area contributed by atoms with E-state index >= 15 is 0 Å². The standard InChI is InChI=1S/C31H33N7O4/c39-26(40)19-34-30-32-17-22(18-33-30)35-29(42)31(14-7-15-31)36-28(41)21-12-13-24-25(16-21)37-38(23-10-5-2-6-11-23)27(24)20-8-3-1-4-9-20/h2,5-6,10-13,16-18,20H,1,3-4,7-9,14-15,19H2,(H,35,42)(H,36,41)(H,39,40)(H,32,33,34). The van der Waals surface area contributed by atoms with E-state index in [2.05, 4.69) is 38.1 Å². The molecule has 0 spiro atoms. The number of anilines is 2. The molecule has 2 fully saturated rings. The first-order chi connectivity index (χ1) is 20.4. The molecule has 2 heterocycles. The Kier molecular flexibility index (Phi) is 7.56. The SMILES string of the molecule is O=C(O)CNc1ncc(NC(=O)C2(NC(=O)c3ccc4c(C5CCCCC5)n(-c5ccccc5)nc4c3)CCC2)cn1. The number of carbonyl (C=O) groups is 3. The van der Waals surface area contributed by atoms with Gasteiger partial charge in [0.15, 0.2) is 0 Å². The summed E-state index contributed by atoms with van der Waals surface area (Å²) in [6, 6.07) is 15.7. The third kappa shape index (κ3) is 5.54. The van der Waals surface area contributed by atoms with E-state index in [1.165, 1.54) is 37.4 Å². The van der Waals surface area contributed by atoms with Gasteiger partial charge in [0.05, 0.1) is 35.0 Å². The number of nitrogens with zero attached hydrogens (tertiary/aromatic N) is 4. The van der Waals surface area contributed by atoms with Crippen molar-refractivity contribution in [1.82, 2.24) is 25.1 Å². The van der Waals surface area contributed by atoms with Crippen molar-refractivity contribution in [3.05, 3.63) is 72.2 Å². The van der Waals surface area contributed by atoms with Gasteiger partial charge in [-0.25, -0.2) is 14.6 Å². The Bertz CT molecular complexity index is 1610. The molecule has 2 saturated carbocycles. The smallest absolute Gasteiger partial charge is 0.322 e. The number of benzene rings is 2. The maximum absolute atomic E-state index is 13.5. The van der Waals surface area contributed by atoms with Crippen molar-refractivity contribution in [2.45, 2.75) is 62.8 Å². The summed E-state index contributed by atoms with van der Waals surface area (Å²) in [5.74, 6) is -1.15. The molecule has 0 bridgehead atoms. The van der Waals surface area contributed by atoms with Crippen LogP contribution in [0.3, 0.4) is 0 Å². The minimum Gasteiger partial charge on any atom is -0.480 e. The second-order valence-corrected chi connectivity index (χ2v) is 11.1. The predicted octanol–water partition coefficient (Wildman–Crippen LogP) is 4.65. The van der Waals surface area contributed by atoms with Crippen molar-refractivity contribution in [3.8, 4) is 5.69 Å². The normalized spacial score (nSPS) is 16.4. The van der Waals surface area contributed by atoms with Gasteiger partial charge in [-0.15, -0.1) is 0 Å². The molecule has 0 unspecified atom stereocenters. The Morgan fingerprint density at radius 2 is 1.69 bits per heavy atom. The maximum Gasteiger partial charge on any atom is 0.322 e. The van der Waals surface area contributed by atoms with Gasteiger partial charge in [0, 0.05) is 16.9 Å². The molecule has 0 radical (unpaired) electrons. The van der Waals surface area contributed by atoms with Crippen LogP contribution in [0.25, 0.3) is 16.6 Å². The molecule has 2 aliphatic carbocycles. The Labute approximate surface area is 242 Å². The Hall–Kier alpha value is -4.80. The molecule has 6 rings (SSSR count). The van der Waals surface area contributed by atoms with E-state index in [0.717, 1.165) is 35.9 Å². The summed E-state index contributed by atoms with van der Waals surface area (Å²) in [5.41, 5.74) is 2.72. The lowest BCUT2D eigenvalue weighted by atomic mass is 9.75. The highest BCUT2D eigenvalue weighted by Crippen LogP contribution is 2.38. The van der Waals surface area contributed by atoms with E-state index in [9.17, 15) is 14.4 Å². The summed E-state index contributed by atoms with van der Waals surface area (Å²) in [7, 11) is 0. The molecule has 0 aliphatic heterocycles. The quantitative estimate of drug-likeness (QED) is 0.228. The van der Waals surface area contributed by atoms with Crippen LogP contribution in [0.5, 0.6) is 0 Å². The number of nitrogens with one attached hydrogen (secondary N) is 3. The highest BCUT2D eigenvalue weighted by Gasteiger charge is 2.45. The van der Waals surface area contributed by atoms with Crippen molar-refractivity contribution in [1.29, 1.82) is 0 Å². The van der Waals surface area contributed by atoms with E-state index in [1.807, 2.05) is 41.1 Å². The summed E-state index contributed by atoms with van der Waals surface area (Å²) in [6.45, 7) is -0.318. The fourth-order valence-electron chi connectivity index (χ4n) is 5.90. The molecule has 42 heavy (non-hydrogen) atoms. The lowest BCUT2D eigenvalue weighted by Gasteiger charge is -2.40. The molecule has 2 aliphatic rings. The third-order valence-corrected chi connectivity index (χ3v) is 8.27. The number of para-hydroxylation sites is 1. The number of aromatic nitrogens is 4. The average molecular weight is 568 g/mol. The molecule has 2 aromatic carbocycles. The number of rotatable bonds is 9. The van der Waals surface area contributed by atoms with E-state index in [-0.39, 0.29) is 24.3 Å². The molecular weight excluding hydrogens is 534 g/mol. The third-order valence-electron chi connectivity index (χ3n) is 8.27. The molecule has 4 N–H and O–H groups in total. The minimum atomic E-state index is -1.04. The minimum absolute atomic E-state index is 0.138. The molecule has 0 atom stereocenters. The van der Waals surface area contributed by atoms with Gasteiger partial charge in [0.25, 0.3) is 5.91 Å². The van der Waals surface area contributed by atoms with E-state index in [4.69, 9.17) is 10.2 Å². The number of carboxylic acid groups (broad SMARTS) is 1.